The van der Waals surface area contributed by atoms with E-state index in [-0.39, 0.29) is 5.91 Å². The van der Waals surface area contributed by atoms with Crippen molar-refractivity contribution in [3.8, 4) is 11.5 Å². The monoisotopic (exact) mass is 396 g/mol. The van der Waals surface area contributed by atoms with Gasteiger partial charge in [-0.1, -0.05) is 26.0 Å². The SMILES string of the molecule is CCN(CC)CCn1c(NC(=O)c2cc(OC)cc(OC)c2)nc2ccccc21. The standard InChI is InChI=1S/C22H28N4O3/c1-5-25(6-2)11-12-26-20-10-8-7-9-19(20)23-22(26)24-21(27)16-13-17(28-3)15-18(14-16)29-4/h7-10,13-15H,5-6,11-12H2,1-4H3,(H,23,24,27). The van der Waals surface area contributed by atoms with Gasteiger partial charge in [-0.25, -0.2) is 4.98 Å². The summed E-state index contributed by atoms with van der Waals surface area (Å²) in [4.78, 5) is 19.9. The minimum absolute atomic E-state index is 0.262. The molecule has 0 aliphatic rings. The number of hydrogen-bond acceptors (Lipinski definition) is 5. The number of likely N-dealkylation sites (N-methyl/N-ethyl adjacent to an activating group) is 1. The molecule has 3 aromatic rings. The topological polar surface area (TPSA) is 68.6 Å². The fourth-order valence-electron chi connectivity index (χ4n) is 3.29. The lowest BCUT2D eigenvalue weighted by molar-refractivity contribution is 0.102. The molecule has 2 aromatic carbocycles. The second kappa shape index (κ2) is 9.43. The smallest absolute Gasteiger partial charge is 0.258 e. The number of fused-ring (bicyclic) bond motifs is 1. The van der Waals surface area contributed by atoms with E-state index < -0.39 is 0 Å². The van der Waals surface area contributed by atoms with Crippen LogP contribution in [0.25, 0.3) is 11.0 Å². The summed E-state index contributed by atoms with van der Waals surface area (Å²) in [7, 11) is 3.12. The number of carbonyl (C=O) groups is 1. The van der Waals surface area contributed by atoms with Gasteiger partial charge in [-0.3, -0.25) is 10.1 Å². The average Bonchev–Trinajstić information content (AvgIpc) is 3.11. The number of anilines is 1. The Morgan fingerprint density at radius 1 is 1.07 bits per heavy atom. The Balaban J connectivity index is 1.91. The number of nitrogens with one attached hydrogen (secondary N) is 1. The van der Waals surface area contributed by atoms with Crippen LogP contribution in [-0.2, 0) is 6.54 Å². The van der Waals surface area contributed by atoms with Crippen LogP contribution in [0.15, 0.2) is 42.5 Å². The molecule has 0 fully saturated rings. The lowest BCUT2D eigenvalue weighted by Crippen LogP contribution is -2.27. The number of nitrogens with zero attached hydrogens (tertiary/aromatic N) is 3. The molecular weight excluding hydrogens is 368 g/mol. The van der Waals surface area contributed by atoms with Gasteiger partial charge in [0.15, 0.2) is 0 Å². The van der Waals surface area contributed by atoms with Crippen molar-refractivity contribution in [1.82, 2.24) is 14.5 Å². The molecule has 3 rings (SSSR count). The molecule has 1 amide bonds. The van der Waals surface area contributed by atoms with Gasteiger partial charge in [-0.2, -0.15) is 0 Å². The Morgan fingerprint density at radius 3 is 2.34 bits per heavy atom. The lowest BCUT2D eigenvalue weighted by atomic mass is 10.2. The average molecular weight is 396 g/mol. The van der Waals surface area contributed by atoms with E-state index in [2.05, 4.69) is 33.6 Å². The first kappa shape index (κ1) is 20.7. The van der Waals surface area contributed by atoms with Crippen molar-refractivity contribution in [1.29, 1.82) is 0 Å². The number of ether oxygens (including phenoxy) is 2. The number of methoxy groups -OCH3 is 2. The van der Waals surface area contributed by atoms with Gasteiger partial charge >= 0.3 is 0 Å². The Labute approximate surface area is 171 Å². The van der Waals surface area contributed by atoms with Gasteiger partial charge in [-0.15, -0.1) is 0 Å². The number of rotatable bonds is 9. The Kier molecular flexibility index (Phi) is 6.72. The van der Waals surface area contributed by atoms with E-state index in [1.54, 1.807) is 32.4 Å². The molecule has 29 heavy (non-hydrogen) atoms. The predicted molar refractivity (Wildman–Crippen MR) is 115 cm³/mol. The summed E-state index contributed by atoms with van der Waals surface area (Å²) in [5.74, 6) is 1.39. The molecular formula is C22H28N4O3. The van der Waals surface area contributed by atoms with Gasteiger partial charge in [0.25, 0.3) is 5.91 Å². The minimum Gasteiger partial charge on any atom is -0.497 e. The Hall–Kier alpha value is -3.06. The van der Waals surface area contributed by atoms with Crippen LogP contribution in [0.2, 0.25) is 0 Å². The number of aromatic nitrogens is 2. The van der Waals surface area contributed by atoms with Crippen molar-refractivity contribution in [2.75, 3.05) is 39.2 Å². The molecule has 0 saturated heterocycles. The van der Waals surface area contributed by atoms with Gasteiger partial charge in [-0.05, 0) is 37.4 Å². The van der Waals surface area contributed by atoms with Gasteiger partial charge in [0, 0.05) is 24.7 Å². The molecule has 0 saturated carbocycles. The molecule has 154 valence electrons. The van der Waals surface area contributed by atoms with Crippen LogP contribution < -0.4 is 14.8 Å². The minimum atomic E-state index is -0.262. The number of imidazole rings is 1. The van der Waals surface area contributed by atoms with E-state index in [4.69, 9.17) is 9.47 Å². The van der Waals surface area contributed by atoms with Crippen LogP contribution in [0.5, 0.6) is 11.5 Å². The zero-order valence-corrected chi connectivity index (χ0v) is 17.4. The van der Waals surface area contributed by atoms with Crippen LogP contribution in [0, 0.1) is 0 Å². The maximum Gasteiger partial charge on any atom is 0.258 e. The maximum absolute atomic E-state index is 12.9. The second-order valence-corrected chi connectivity index (χ2v) is 6.66. The van der Waals surface area contributed by atoms with Crippen LogP contribution in [-0.4, -0.2) is 54.2 Å². The van der Waals surface area contributed by atoms with E-state index in [0.29, 0.717) is 23.0 Å². The summed E-state index contributed by atoms with van der Waals surface area (Å²) in [5, 5.41) is 2.96. The van der Waals surface area contributed by atoms with Crippen molar-refractivity contribution in [3.63, 3.8) is 0 Å². The summed E-state index contributed by atoms with van der Waals surface area (Å²) in [6.07, 6.45) is 0. The lowest BCUT2D eigenvalue weighted by Gasteiger charge is -2.19. The number of amides is 1. The summed E-state index contributed by atoms with van der Waals surface area (Å²) in [5.41, 5.74) is 2.30. The molecule has 1 N–H and O–H groups in total. The third-order valence-corrected chi connectivity index (χ3v) is 5.03. The van der Waals surface area contributed by atoms with Crippen molar-refractivity contribution in [2.45, 2.75) is 20.4 Å². The van der Waals surface area contributed by atoms with Crippen molar-refractivity contribution < 1.29 is 14.3 Å². The molecule has 7 heteroatoms. The second-order valence-electron chi connectivity index (χ2n) is 6.66. The third kappa shape index (κ3) is 4.68. The first-order chi connectivity index (χ1) is 14.1. The number of para-hydroxylation sites is 2. The third-order valence-electron chi connectivity index (χ3n) is 5.03. The molecule has 1 aromatic heterocycles. The highest BCUT2D eigenvalue weighted by Crippen LogP contribution is 2.24. The number of hydrogen-bond donors (Lipinski definition) is 1. The normalized spacial score (nSPS) is 11.1. The molecule has 0 atom stereocenters. The molecule has 0 spiro atoms. The molecule has 0 bridgehead atoms. The van der Waals surface area contributed by atoms with E-state index in [0.717, 1.165) is 37.2 Å². The summed E-state index contributed by atoms with van der Waals surface area (Å²) < 4.78 is 12.6. The van der Waals surface area contributed by atoms with Gasteiger partial charge in [0.1, 0.15) is 11.5 Å². The zero-order chi connectivity index (χ0) is 20.8. The molecule has 1 heterocycles. The summed E-state index contributed by atoms with van der Waals surface area (Å²) in [6, 6.07) is 13.0. The van der Waals surface area contributed by atoms with Crippen molar-refractivity contribution >= 4 is 22.9 Å². The summed E-state index contributed by atoms with van der Waals surface area (Å²) in [6.45, 7) is 7.87. The molecule has 0 radical (unpaired) electrons. The molecule has 0 aliphatic heterocycles. The largest absolute Gasteiger partial charge is 0.497 e. The van der Waals surface area contributed by atoms with Crippen LogP contribution in [0.1, 0.15) is 24.2 Å². The summed E-state index contributed by atoms with van der Waals surface area (Å²) >= 11 is 0. The quantitative estimate of drug-likeness (QED) is 0.598. The van der Waals surface area contributed by atoms with Gasteiger partial charge in [0.2, 0.25) is 5.95 Å². The van der Waals surface area contributed by atoms with Crippen molar-refractivity contribution in [3.05, 3.63) is 48.0 Å². The van der Waals surface area contributed by atoms with E-state index in [1.165, 1.54) is 0 Å². The molecule has 0 aliphatic carbocycles. The van der Waals surface area contributed by atoms with E-state index in [1.807, 2.05) is 24.3 Å². The molecule has 0 unspecified atom stereocenters. The van der Waals surface area contributed by atoms with Crippen LogP contribution >= 0.6 is 0 Å². The fourth-order valence-corrected chi connectivity index (χ4v) is 3.29. The highest BCUT2D eigenvalue weighted by molar-refractivity contribution is 6.04. The Bertz CT molecular complexity index is 957. The van der Waals surface area contributed by atoms with Crippen LogP contribution in [0.4, 0.5) is 5.95 Å². The predicted octanol–water partition coefficient (Wildman–Crippen LogP) is 3.65. The fraction of sp³-hybridized carbons (Fsp3) is 0.364. The first-order valence-electron chi connectivity index (χ1n) is 9.81. The number of carbonyl (C=O) groups excluding carboxylic acids is 1. The van der Waals surface area contributed by atoms with Crippen molar-refractivity contribution in [2.24, 2.45) is 0 Å². The van der Waals surface area contributed by atoms with Crippen LogP contribution in [0.3, 0.4) is 0 Å². The highest BCUT2D eigenvalue weighted by Gasteiger charge is 2.16. The highest BCUT2D eigenvalue weighted by atomic mass is 16.5. The Morgan fingerprint density at radius 2 is 1.72 bits per heavy atom. The zero-order valence-electron chi connectivity index (χ0n) is 17.4. The maximum atomic E-state index is 12.9. The first-order valence-corrected chi connectivity index (χ1v) is 9.81. The van der Waals surface area contributed by atoms with Gasteiger partial charge < -0.3 is 18.9 Å². The van der Waals surface area contributed by atoms with Gasteiger partial charge in [0.05, 0.1) is 25.3 Å². The number of benzene rings is 2. The van der Waals surface area contributed by atoms with E-state index >= 15 is 0 Å². The molecule has 7 nitrogen and oxygen atoms in total. The van der Waals surface area contributed by atoms with E-state index in [9.17, 15) is 4.79 Å².